The maximum Gasteiger partial charge on any atom is 0.214 e. The van der Waals surface area contributed by atoms with E-state index in [1.807, 2.05) is 24.3 Å². The van der Waals surface area contributed by atoms with E-state index >= 15 is 0 Å². The number of hydrogen-bond acceptors (Lipinski definition) is 4. The lowest BCUT2D eigenvalue weighted by Gasteiger charge is -2.44. The molecule has 2 aliphatic rings. The molecule has 2 aromatic carbocycles. The van der Waals surface area contributed by atoms with E-state index in [0.29, 0.717) is 19.5 Å². The van der Waals surface area contributed by atoms with Gasteiger partial charge in [-0.15, -0.1) is 0 Å². The van der Waals surface area contributed by atoms with E-state index in [-0.39, 0.29) is 11.8 Å². The van der Waals surface area contributed by atoms with E-state index in [2.05, 4.69) is 29.2 Å². The van der Waals surface area contributed by atoms with Crippen molar-refractivity contribution in [2.24, 2.45) is 0 Å². The Hall–Kier alpha value is -1.89. The maximum absolute atomic E-state index is 13.0. The molecule has 2 heterocycles. The second-order valence-electron chi connectivity index (χ2n) is 7.28. The molecule has 0 aliphatic carbocycles. The van der Waals surface area contributed by atoms with Crippen molar-refractivity contribution >= 4 is 10.0 Å². The van der Waals surface area contributed by atoms with Crippen LogP contribution in [0.3, 0.4) is 0 Å². The van der Waals surface area contributed by atoms with E-state index in [4.69, 9.17) is 4.74 Å². The number of nitrogens with zero attached hydrogens (tertiary/aromatic N) is 2. The van der Waals surface area contributed by atoms with Crippen LogP contribution in [0.1, 0.15) is 22.7 Å². The van der Waals surface area contributed by atoms with Crippen LogP contribution in [0.4, 0.5) is 0 Å². The van der Waals surface area contributed by atoms with Crippen molar-refractivity contribution in [3.63, 3.8) is 0 Å². The zero-order valence-corrected chi connectivity index (χ0v) is 16.5. The molecule has 6 heteroatoms. The molecular formula is C21H26N2O3S. The van der Waals surface area contributed by atoms with E-state index in [1.54, 1.807) is 11.4 Å². The van der Waals surface area contributed by atoms with Gasteiger partial charge < -0.3 is 4.74 Å². The normalized spacial score (nSPS) is 20.7. The number of aryl methyl sites for hydroxylation is 1. The second-order valence-corrected chi connectivity index (χ2v) is 9.36. The zero-order chi connectivity index (χ0) is 18.9. The first-order valence-corrected chi connectivity index (χ1v) is 11.1. The molecule has 0 amide bonds. The topological polar surface area (TPSA) is 49.9 Å². The highest BCUT2D eigenvalue weighted by molar-refractivity contribution is 7.89. The van der Waals surface area contributed by atoms with Gasteiger partial charge in [-0.3, -0.25) is 4.90 Å². The summed E-state index contributed by atoms with van der Waals surface area (Å²) in [6, 6.07) is 16.3. The number of fused-ring (bicyclic) bond motifs is 3. The lowest BCUT2D eigenvalue weighted by Crippen LogP contribution is -2.52. The van der Waals surface area contributed by atoms with Crippen molar-refractivity contribution < 1.29 is 13.2 Å². The van der Waals surface area contributed by atoms with Crippen LogP contribution in [-0.4, -0.2) is 56.7 Å². The van der Waals surface area contributed by atoms with Crippen molar-refractivity contribution in [3.8, 4) is 5.75 Å². The third kappa shape index (κ3) is 3.88. The van der Waals surface area contributed by atoms with Gasteiger partial charge in [-0.25, -0.2) is 8.42 Å². The molecule has 0 spiro atoms. The molecule has 1 unspecified atom stereocenters. The molecule has 1 fully saturated rings. The van der Waals surface area contributed by atoms with Crippen molar-refractivity contribution in [3.05, 3.63) is 65.2 Å². The van der Waals surface area contributed by atoms with Gasteiger partial charge in [0.25, 0.3) is 0 Å². The third-order valence-electron chi connectivity index (χ3n) is 5.71. The molecule has 2 aliphatic heterocycles. The minimum absolute atomic E-state index is 0.133. The molecule has 27 heavy (non-hydrogen) atoms. The van der Waals surface area contributed by atoms with Crippen LogP contribution >= 0.6 is 0 Å². The van der Waals surface area contributed by atoms with Crippen molar-refractivity contribution in [1.82, 2.24) is 9.21 Å². The Bertz CT molecular complexity index is 913. The summed E-state index contributed by atoms with van der Waals surface area (Å²) < 4.78 is 32.9. The van der Waals surface area contributed by atoms with Gasteiger partial charge in [0.15, 0.2) is 0 Å². The van der Waals surface area contributed by atoms with Crippen LogP contribution in [0.2, 0.25) is 0 Å². The Labute approximate surface area is 161 Å². The summed E-state index contributed by atoms with van der Waals surface area (Å²) in [6.07, 6.45) is 1.55. The summed E-state index contributed by atoms with van der Waals surface area (Å²) >= 11 is 0. The van der Waals surface area contributed by atoms with Crippen molar-refractivity contribution in [2.45, 2.75) is 18.9 Å². The lowest BCUT2D eigenvalue weighted by molar-refractivity contribution is 0.109. The van der Waals surface area contributed by atoms with Gasteiger partial charge in [0.1, 0.15) is 5.75 Å². The van der Waals surface area contributed by atoms with E-state index < -0.39 is 10.0 Å². The highest BCUT2D eigenvalue weighted by atomic mass is 32.2. The molecule has 0 aromatic heterocycles. The summed E-state index contributed by atoms with van der Waals surface area (Å²) in [5, 5.41) is 0. The highest BCUT2D eigenvalue weighted by Crippen LogP contribution is 2.33. The minimum atomic E-state index is -3.29. The van der Waals surface area contributed by atoms with Crippen LogP contribution in [0, 0.1) is 0 Å². The predicted octanol–water partition coefficient (Wildman–Crippen LogP) is 2.48. The summed E-state index contributed by atoms with van der Waals surface area (Å²) in [6.45, 7) is 2.95. The largest absolute Gasteiger partial charge is 0.497 e. The van der Waals surface area contributed by atoms with Crippen molar-refractivity contribution in [1.29, 1.82) is 0 Å². The molecule has 0 bridgehead atoms. The molecule has 4 rings (SSSR count). The summed E-state index contributed by atoms with van der Waals surface area (Å²) in [5.41, 5.74) is 3.63. The number of hydrogen-bond donors (Lipinski definition) is 0. The minimum Gasteiger partial charge on any atom is -0.497 e. The number of methoxy groups -OCH3 is 1. The van der Waals surface area contributed by atoms with E-state index in [9.17, 15) is 8.42 Å². The van der Waals surface area contributed by atoms with E-state index in [0.717, 1.165) is 30.8 Å². The molecule has 0 saturated carbocycles. The van der Waals surface area contributed by atoms with Crippen LogP contribution in [0.15, 0.2) is 48.5 Å². The van der Waals surface area contributed by atoms with Gasteiger partial charge in [0, 0.05) is 32.2 Å². The molecule has 1 saturated heterocycles. The second kappa shape index (κ2) is 7.62. The molecule has 144 valence electrons. The Balaban J connectivity index is 1.47. The van der Waals surface area contributed by atoms with Crippen LogP contribution in [0.5, 0.6) is 5.75 Å². The average molecular weight is 387 g/mol. The van der Waals surface area contributed by atoms with E-state index in [1.165, 1.54) is 11.1 Å². The first-order chi connectivity index (χ1) is 13.1. The monoisotopic (exact) mass is 386 g/mol. The van der Waals surface area contributed by atoms with Gasteiger partial charge in [0.05, 0.1) is 12.9 Å². The molecular weight excluding hydrogens is 360 g/mol. The molecule has 0 N–H and O–H groups in total. The van der Waals surface area contributed by atoms with Crippen LogP contribution in [0.25, 0.3) is 0 Å². The first kappa shape index (κ1) is 18.5. The summed E-state index contributed by atoms with van der Waals surface area (Å²) in [5.74, 6) is 0.895. The zero-order valence-electron chi connectivity index (χ0n) is 15.7. The fourth-order valence-corrected chi connectivity index (χ4v) is 5.65. The molecule has 1 atom stereocenters. The molecule has 0 radical (unpaired) electrons. The SMILES string of the molecule is COc1cccc(CCS(=O)(=O)N2CCN3CCc4ccccc4C3C2)c1. The smallest absolute Gasteiger partial charge is 0.214 e. The number of ether oxygens (including phenoxy) is 1. The fraction of sp³-hybridized carbons (Fsp3) is 0.429. The number of benzene rings is 2. The number of piperazine rings is 1. The standard InChI is InChI=1S/C21H26N2O3S/c1-26-19-7-4-5-17(15-19)10-14-27(24,25)23-13-12-22-11-9-18-6-2-3-8-20(18)21(22)16-23/h2-8,15,21H,9-14,16H2,1H3. The highest BCUT2D eigenvalue weighted by Gasteiger charge is 2.36. The molecule has 2 aromatic rings. The van der Waals surface area contributed by atoms with Gasteiger partial charge in [-0.2, -0.15) is 4.31 Å². The Kier molecular flexibility index (Phi) is 5.21. The quantitative estimate of drug-likeness (QED) is 0.792. The van der Waals surface area contributed by atoms with Crippen LogP contribution in [-0.2, 0) is 22.9 Å². The predicted molar refractivity (Wildman–Crippen MR) is 107 cm³/mol. The first-order valence-electron chi connectivity index (χ1n) is 9.49. The maximum atomic E-state index is 13.0. The van der Waals surface area contributed by atoms with Gasteiger partial charge in [0.2, 0.25) is 10.0 Å². The third-order valence-corrected chi connectivity index (χ3v) is 7.55. The summed E-state index contributed by atoms with van der Waals surface area (Å²) in [7, 11) is -1.67. The fourth-order valence-electron chi connectivity index (χ4n) is 4.17. The van der Waals surface area contributed by atoms with Gasteiger partial charge >= 0.3 is 0 Å². The van der Waals surface area contributed by atoms with Gasteiger partial charge in [-0.05, 0) is 41.7 Å². The Morgan fingerprint density at radius 3 is 2.78 bits per heavy atom. The molecule has 5 nitrogen and oxygen atoms in total. The average Bonchev–Trinajstić information content (AvgIpc) is 2.72. The van der Waals surface area contributed by atoms with Gasteiger partial charge in [-0.1, -0.05) is 36.4 Å². The summed E-state index contributed by atoms with van der Waals surface area (Å²) in [4.78, 5) is 2.43. The van der Waals surface area contributed by atoms with Crippen LogP contribution < -0.4 is 4.74 Å². The Morgan fingerprint density at radius 2 is 1.93 bits per heavy atom. The number of rotatable bonds is 5. The Morgan fingerprint density at radius 1 is 1.07 bits per heavy atom. The lowest BCUT2D eigenvalue weighted by atomic mass is 9.91. The number of sulfonamides is 1. The van der Waals surface area contributed by atoms with Crippen molar-refractivity contribution in [2.75, 3.05) is 39.0 Å².